The van der Waals surface area contributed by atoms with Crippen molar-refractivity contribution >= 4 is 8.32 Å². The molecule has 0 bridgehead atoms. The van der Waals surface area contributed by atoms with Crippen molar-refractivity contribution in [3.05, 3.63) is 11.1 Å². The van der Waals surface area contributed by atoms with E-state index in [0.29, 0.717) is 0 Å². The number of nitriles is 1. The predicted octanol–water partition coefficient (Wildman–Crippen LogP) is 4.40. The molecule has 1 rings (SSSR count). The Labute approximate surface area is 107 Å². The molecule has 0 aliphatic heterocycles. The Morgan fingerprint density at radius 2 is 1.94 bits per heavy atom. The largest absolute Gasteiger partial charge is 0.410 e. The van der Waals surface area contributed by atoms with Gasteiger partial charge < -0.3 is 4.43 Å². The van der Waals surface area contributed by atoms with Crippen LogP contribution in [0.15, 0.2) is 11.1 Å². The van der Waals surface area contributed by atoms with Gasteiger partial charge in [-0.1, -0.05) is 20.8 Å². The summed E-state index contributed by atoms with van der Waals surface area (Å²) in [4.78, 5) is 0. The highest BCUT2D eigenvalue weighted by atomic mass is 28.4. The molecule has 3 heteroatoms. The van der Waals surface area contributed by atoms with Crippen molar-refractivity contribution in [1.29, 1.82) is 5.26 Å². The SMILES string of the molecule is CC1=C(C#N)CCCC1O[Si](C)(C)C(C)(C)C. The summed E-state index contributed by atoms with van der Waals surface area (Å²) < 4.78 is 6.42. The van der Waals surface area contributed by atoms with E-state index < -0.39 is 8.32 Å². The molecule has 1 aliphatic carbocycles. The maximum absolute atomic E-state index is 9.09. The Morgan fingerprint density at radius 3 is 2.41 bits per heavy atom. The summed E-state index contributed by atoms with van der Waals surface area (Å²) in [5.74, 6) is 0. The lowest BCUT2D eigenvalue weighted by molar-refractivity contribution is 0.194. The number of rotatable bonds is 2. The second-order valence-corrected chi connectivity index (χ2v) is 11.3. The molecule has 0 saturated heterocycles. The van der Waals surface area contributed by atoms with E-state index in [2.05, 4.69) is 46.9 Å². The number of hydrogen-bond donors (Lipinski definition) is 0. The van der Waals surface area contributed by atoms with Crippen molar-refractivity contribution in [2.75, 3.05) is 0 Å². The third-order valence-corrected chi connectivity index (χ3v) is 8.72. The Balaban J connectivity index is 2.87. The molecular weight excluding hydrogens is 226 g/mol. The number of allylic oxidation sites excluding steroid dienone is 1. The number of nitrogens with zero attached hydrogens (tertiary/aromatic N) is 1. The number of hydrogen-bond acceptors (Lipinski definition) is 2. The minimum atomic E-state index is -1.72. The van der Waals surface area contributed by atoms with E-state index in [0.717, 1.165) is 24.8 Å². The van der Waals surface area contributed by atoms with E-state index in [9.17, 15) is 0 Å². The van der Waals surface area contributed by atoms with Gasteiger partial charge in [-0.15, -0.1) is 0 Å². The highest BCUT2D eigenvalue weighted by Gasteiger charge is 2.40. The van der Waals surface area contributed by atoms with E-state index in [1.807, 2.05) is 0 Å². The fourth-order valence-corrected chi connectivity index (χ4v) is 3.26. The quantitative estimate of drug-likeness (QED) is 0.681. The lowest BCUT2D eigenvalue weighted by Crippen LogP contribution is -2.44. The summed E-state index contributed by atoms with van der Waals surface area (Å²) in [5.41, 5.74) is 2.11. The first-order chi connectivity index (χ1) is 7.69. The molecule has 96 valence electrons. The molecule has 0 N–H and O–H groups in total. The van der Waals surface area contributed by atoms with Crippen LogP contribution in [-0.2, 0) is 4.43 Å². The summed E-state index contributed by atoms with van der Waals surface area (Å²) in [5, 5.41) is 9.32. The van der Waals surface area contributed by atoms with Crippen molar-refractivity contribution in [3.63, 3.8) is 0 Å². The van der Waals surface area contributed by atoms with Gasteiger partial charge in [-0.3, -0.25) is 0 Å². The van der Waals surface area contributed by atoms with Gasteiger partial charge in [0, 0.05) is 5.57 Å². The first-order valence-electron chi connectivity index (χ1n) is 6.46. The van der Waals surface area contributed by atoms with Gasteiger partial charge in [-0.25, -0.2) is 0 Å². The fraction of sp³-hybridized carbons (Fsp3) is 0.786. The topological polar surface area (TPSA) is 33.0 Å². The lowest BCUT2D eigenvalue weighted by Gasteiger charge is -2.40. The third kappa shape index (κ3) is 3.20. The summed E-state index contributed by atoms with van der Waals surface area (Å²) in [6.45, 7) is 13.4. The molecular formula is C14H25NOSi. The molecule has 1 atom stereocenters. The van der Waals surface area contributed by atoms with E-state index in [1.54, 1.807) is 0 Å². The average Bonchev–Trinajstić information content (AvgIpc) is 2.19. The van der Waals surface area contributed by atoms with Gasteiger partial charge in [-0.2, -0.15) is 5.26 Å². The predicted molar refractivity (Wildman–Crippen MR) is 74.2 cm³/mol. The molecule has 0 aromatic carbocycles. The maximum atomic E-state index is 9.09. The van der Waals surface area contributed by atoms with Gasteiger partial charge in [0.05, 0.1) is 12.2 Å². The van der Waals surface area contributed by atoms with E-state index in [1.165, 1.54) is 5.57 Å². The maximum Gasteiger partial charge on any atom is 0.192 e. The smallest absolute Gasteiger partial charge is 0.192 e. The minimum absolute atomic E-state index is 0.180. The molecule has 17 heavy (non-hydrogen) atoms. The molecule has 0 spiro atoms. The van der Waals surface area contributed by atoms with Crippen molar-refractivity contribution in [2.24, 2.45) is 0 Å². The van der Waals surface area contributed by atoms with E-state index in [4.69, 9.17) is 9.69 Å². The van der Waals surface area contributed by atoms with Crippen LogP contribution in [0.2, 0.25) is 18.1 Å². The zero-order chi connectivity index (χ0) is 13.3. The minimum Gasteiger partial charge on any atom is -0.410 e. The summed E-state index contributed by atoms with van der Waals surface area (Å²) in [6.07, 6.45) is 3.27. The van der Waals surface area contributed by atoms with Crippen molar-refractivity contribution in [2.45, 2.75) is 71.2 Å². The van der Waals surface area contributed by atoms with E-state index in [-0.39, 0.29) is 11.1 Å². The molecule has 0 fully saturated rings. The Hall–Kier alpha value is -0.593. The van der Waals surface area contributed by atoms with Gasteiger partial charge in [-0.05, 0) is 49.9 Å². The second-order valence-electron chi connectivity index (χ2n) is 6.53. The Morgan fingerprint density at radius 1 is 1.35 bits per heavy atom. The van der Waals surface area contributed by atoms with Crippen LogP contribution in [0, 0.1) is 11.3 Å². The first-order valence-corrected chi connectivity index (χ1v) is 9.37. The van der Waals surface area contributed by atoms with Crippen molar-refractivity contribution < 1.29 is 4.43 Å². The lowest BCUT2D eigenvalue weighted by atomic mass is 9.91. The molecule has 1 aliphatic rings. The molecule has 0 aromatic rings. The standard InChI is InChI=1S/C14H25NOSi/c1-11-12(10-15)8-7-9-13(11)16-17(5,6)14(2,3)4/h13H,7-9H2,1-6H3. The fourth-order valence-electron chi connectivity index (χ4n) is 1.90. The zero-order valence-corrected chi connectivity index (χ0v) is 13.1. The van der Waals surface area contributed by atoms with E-state index >= 15 is 0 Å². The Kier molecular flexibility index (Phi) is 4.22. The van der Waals surface area contributed by atoms with Crippen LogP contribution in [0.3, 0.4) is 0 Å². The van der Waals surface area contributed by atoms with Crippen molar-refractivity contribution in [3.8, 4) is 6.07 Å². The molecule has 0 amide bonds. The van der Waals surface area contributed by atoms with Gasteiger partial charge in [0.25, 0.3) is 0 Å². The highest BCUT2D eigenvalue weighted by molar-refractivity contribution is 6.74. The Bertz CT molecular complexity index is 357. The first kappa shape index (κ1) is 14.5. The highest BCUT2D eigenvalue weighted by Crippen LogP contribution is 2.39. The van der Waals surface area contributed by atoms with Crippen LogP contribution in [0.1, 0.15) is 47.0 Å². The molecule has 0 aromatic heterocycles. The average molecular weight is 251 g/mol. The monoisotopic (exact) mass is 251 g/mol. The molecule has 1 unspecified atom stereocenters. The molecule has 0 radical (unpaired) electrons. The van der Waals surface area contributed by atoms with Gasteiger partial charge in [0.15, 0.2) is 8.32 Å². The molecule has 0 heterocycles. The molecule has 0 saturated carbocycles. The second kappa shape index (κ2) is 4.95. The van der Waals surface area contributed by atoms with Crippen LogP contribution >= 0.6 is 0 Å². The summed E-state index contributed by atoms with van der Waals surface area (Å²) >= 11 is 0. The van der Waals surface area contributed by atoms with Crippen LogP contribution in [-0.4, -0.2) is 14.4 Å². The zero-order valence-electron chi connectivity index (χ0n) is 12.1. The van der Waals surface area contributed by atoms with Crippen molar-refractivity contribution in [1.82, 2.24) is 0 Å². The molecule has 2 nitrogen and oxygen atoms in total. The van der Waals surface area contributed by atoms with Gasteiger partial charge in [0.2, 0.25) is 0 Å². The van der Waals surface area contributed by atoms with Crippen LogP contribution in [0.5, 0.6) is 0 Å². The summed E-state index contributed by atoms with van der Waals surface area (Å²) in [6, 6.07) is 2.32. The van der Waals surface area contributed by atoms with Crippen LogP contribution < -0.4 is 0 Å². The van der Waals surface area contributed by atoms with Gasteiger partial charge >= 0.3 is 0 Å². The third-order valence-electron chi connectivity index (χ3n) is 4.23. The van der Waals surface area contributed by atoms with Crippen LogP contribution in [0.25, 0.3) is 0 Å². The van der Waals surface area contributed by atoms with Gasteiger partial charge in [0.1, 0.15) is 0 Å². The normalized spacial score (nSPS) is 22.5. The van der Waals surface area contributed by atoms with Crippen LogP contribution in [0.4, 0.5) is 0 Å². The summed E-state index contributed by atoms with van der Waals surface area (Å²) in [7, 11) is -1.72.